The van der Waals surface area contributed by atoms with Crippen LogP contribution in [0.25, 0.3) is 0 Å². The van der Waals surface area contributed by atoms with Gasteiger partial charge >= 0.3 is 18.0 Å². The van der Waals surface area contributed by atoms with E-state index in [4.69, 9.17) is 14.3 Å². The van der Waals surface area contributed by atoms with Crippen LogP contribution >= 0.6 is 0 Å². The number of carbonyl (C=O) groups excluding carboxylic acids is 5. The third-order valence-electron chi connectivity index (χ3n) is 4.07. The fraction of sp³-hybridized carbons (Fsp3) is 0.476. The van der Waals surface area contributed by atoms with Crippen molar-refractivity contribution in [3.05, 3.63) is 35.9 Å². The minimum absolute atomic E-state index is 0.0563. The molecule has 1 aliphatic rings. The Morgan fingerprint density at radius 1 is 1.03 bits per heavy atom. The molecule has 1 N–H and O–H groups in total. The Labute approximate surface area is 179 Å². The zero-order valence-corrected chi connectivity index (χ0v) is 17.9. The number of ether oxygens (including phenoxy) is 2. The lowest BCUT2D eigenvalue weighted by atomic mass is 10.1. The molecular formula is C21H26N2O8. The molecule has 0 bridgehead atoms. The zero-order chi connectivity index (χ0) is 23.2. The maximum Gasteiger partial charge on any atom is 0.408 e. The number of esters is 1. The van der Waals surface area contributed by atoms with Crippen molar-refractivity contribution in [1.29, 1.82) is 0 Å². The predicted molar refractivity (Wildman–Crippen MR) is 106 cm³/mol. The van der Waals surface area contributed by atoms with Gasteiger partial charge in [0.1, 0.15) is 11.6 Å². The predicted octanol–water partition coefficient (Wildman–Crippen LogP) is 1.66. The largest absolute Gasteiger partial charge is 0.449 e. The summed E-state index contributed by atoms with van der Waals surface area (Å²) in [5.41, 5.74) is -0.0408. The summed E-state index contributed by atoms with van der Waals surface area (Å²) in [5, 5.41) is 2.82. The van der Waals surface area contributed by atoms with E-state index in [9.17, 15) is 24.0 Å². The average molecular weight is 434 g/mol. The third-order valence-corrected chi connectivity index (χ3v) is 4.07. The van der Waals surface area contributed by atoms with E-state index in [-0.39, 0.29) is 19.3 Å². The van der Waals surface area contributed by atoms with Crippen molar-refractivity contribution < 1.29 is 38.3 Å². The fourth-order valence-electron chi connectivity index (χ4n) is 2.62. The van der Waals surface area contributed by atoms with E-state index < -0.39 is 47.6 Å². The number of benzene rings is 1. The summed E-state index contributed by atoms with van der Waals surface area (Å²) < 4.78 is 10.3. The van der Waals surface area contributed by atoms with Crippen LogP contribution in [-0.2, 0) is 39.9 Å². The molecule has 1 unspecified atom stereocenters. The van der Waals surface area contributed by atoms with Crippen LogP contribution in [0.2, 0.25) is 0 Å². The van der Waals surface area contributed by atoms with E-state index in [1.54, 1.807) is 51.1 Å². The standard InChI is InChI=1S/C21H26N2O8/c1-13(18(26)31-23-16(24)10-11-17(23)25)29-19(27)15(12-14-8-6-5-7-9-14)22-20(28)30-21(2,3)4/h5-9,13,15H,10-12H2,1-4H3,(H,22,28)/t13-,15?/m0/s1. The molecule has 1 aromatic rings. The lowest BCUT2D eigenvalue weighted by Crippen LogP contribution is -2.47. The number of imide groups is 1. The second kappa shape index (κ2) is 10.1. The van der Waals surface area contributed by atoms with Crippen molar-refractivity contribution in [2.75, 3.05) is 0 Å². The molecule has 1 aromatic carbocycles. The first-order valence-electron chi connectivity index (χ1n) is 9.78. The van der Waals surface area contributed by atoms with E-state index in [1.807, 2.05) is 0 Å². The van der Waals surface area contributed by atoms with Gasteiger partial charge in [-0.15, -0.1) is 5.06 Å². The molecular weight excluding hydrogens is 408 g/mol. The lowest BCUT2D eigenvalue weighted by Gasteiger charge is -2.24. The highest BCUT2D eigenvalue weighted by Crippen LogP contribution is 2.14. The van der Waals surface area contributed by atoms with E-state index in [0.717, 1.165) is 5.56 Å². The summed E-state index contributed by atoms with van der Waals surface area (Å²) in [7, 11) is 0. The maximum absolute atomic E-state index is 12.7. The van der Waals surface area contributed by atoms with E-state index in [2.05, 4.69) is 5.32 Å². The molecule has 1 aliphatic heterocycles. The van der Waals surface area contributed by atoms with E-state index in [1.165, 1.54) is 6.92 Å². The quantitative estimate of drug-likeness (QED) is 0.507. The van der Waals surface area contributed by atoms with Crippen molar-refractivity contribution in [1.82, 2.24) is 10.4 Å². The van der Waals surface area contributed by atoms with Crippen molar-refractivity contribution in [3.63, 3.8) is 0 Å². The van der Waals surface area contributed by atoms with Crippen LogP contribution in [0, 0.1) is 0 Å². The molecule has 10 heteroatoms. The Morgan fingerprint density at radius 3 is 2.16 bits per heavy atom. The molecule has 31 heavy (non-hydrogen) atoms. The van der Waals surface area contributed by atoms with Crippen LogP contribution in [-0.4, -0.2) is 52.7 Å². The van der Waals surface area contributed by atoms with Crippen LogP contribution in [0.3, 0.4) is 0 Å². The van der Waals surface area contributed by atoms with Gasteiger partial charge in [0, 0.05) is 19.3 Å². The molecule has 1 heterocycles. The highest BCUT2D eigenvalue weighted by atomic mass is 16.7. The third kappa shape index (κ3) is 7.40. The normalized spacial score (nSPS) is 15.8. The molecule has 0 aromatic heterocycles. The van der Waals surface area contributed by atoms with Gasteiger partial charge in [0.15, 0.2) is 6.10 Å². The number of hydrogen-bond acceptors (Lipinski definition) is 8. The topological polar surface area (TPSA) is 128 Å². The molecule has 1 fully saturated rings. The molecule has 0 radical (unpaired) electrons. The Hall–Kier alpha value is -3.43. The van der Waals surface area contributed by atoms with E-state index in [0.29, 0.717) is 5.06 Å². The lowest BCUT2D eigenvalue weighted by molar-refractivity contribution is -0.205. The number of rotatable bonds is 7. The number of carbonyl (C=O) groups is 5. The fourth-order valence-corrected chi connectivity index (χ4v) is 2.62. The van der Waals surface area contributed by atoms with Gasteiger partial charge in [0.2, 0.25) is 0 Å². The minimum Gasteiger partial charge on any atom is -0.449 e. The van der Waals surface area contributed by atoms with Gasteiger partial charge in [-0.1, -0.05) is 30.3 Å². The van der Waals surface area contributed by atoms with Gasteiger partial charge < -0.3 is 19.6 Å². The SMILES string of the molecule is C[C@H](OC(=O)C(Cc1ccccc1)NC(=O)OC(C)(C)C)C(=O)ON1C(=O)CCC1=O. The molecule has 0 saturated carbocycles. The summed E-state index contributed by atoms with van der Waals surface area (Å²) in [4.78, 5) is 64.9. The van der Waals surface area contributed by atoms with Crippen LogP contribution in [0.4, 0.5) is 4.79 Å². The molecule has 0 spiro atoms. The van der Waals surface area contributed by atoms with Gasteiger partial charge in [0.05, 0.1) is 0 Å². The average Bonchev–Trinajstić information content (AvgIpc) is 2.98. The first-order valence-corrected chi connectivity index (χ1v) is 9.78. The van der Waals surface area contributed by atoms with Crippen LogP contribution in [0.15, 0.2) is 30.3 Å². The monoisotopic (exact) mass is 434 g/mol. The van der Waals surface area contributed by atoms with Gasteiger partial charge in [-0.25, -0.2) is 14.4 Å². The van der Waals surface area contributed by atoms with Crippen molar-refractivity contribution in [3.8, 4) is 0 Å². The molecule has 3 amide bonds. The number of nitrogens with zero attached hydrogens (tertiary/aromatic N) is 1. The van der Waals surface area contributed by atoms with E-state index >= 15 is 0 Å². The molecule has 10 nitrogen and oxygen atoms in total. The maximum atomic E-state index is 12.7. The zero-order valence-electron chi connectivity index (χ0n) is 17.9. The smallest absolute Gasteiger partial charge is 0.408 e. The van der Waals surface area contributed by atoms with Gasteiger partial charge in [-0.2, -0.15) is 0 Å². The second-order valence-corrected chi connectivity index (χ2v) is 7.96. The Balaban J connectivity index is 2.04. The molecule has 0 aliphatic carbocycles. The van der Waals surface area contributed by atoms with Crippen LogP contribution in [0.1, 0.15) is 46.1 Å². The first-order chi connectivity index (χ1) is 14.5. The number of hydroxylamine groups is 2. The number of hydrogen-bond donors (Lipinski definition) is 1. The second-order valence-electron chi connectivity index (χ2n) is 7.96. The van der Waals surface area contributed by atoms with Crippen molar-refractivity contribution >= 4 is 29.8 Å². The molecule has 1 saturated heterocycles. The summed E-state index contributed by atoms with van der Waals surface area (Å²) in [6.07, 6.45) is -2.27. The Kier molecular flexibility index (Phi) is 7.73. The number of alkyl carbamates (subject to hydrolysis) is 1. The highest BCUT2D eigenvalue weighted by Gasteiger charge is 2.36. The number of amides is 3. The Bertz CT molecular complexity index is 831. The molecule has 168 valence electrons. The summed E-state index contributed by atoms with van der Waals surface area (Å²) >= 11 is 0. The van der Waals surface area contributed by atoms with Crippen molar-refractivity contribution in [2.24, 2.45) is 0 Å². The van der Waals surface area contributed by atoms with Gasteiger partial charge in [-0.05, 0) is 33.3 Å². The Morgan fingerprint density at radius 2 is 1.61 bits per heavy atom. The number of nitrogens with one attached hydrogen (secondary N) is 1. The van der Waals surface area contributed by atoms with Crippen LogP contribution < -0.4 is 5.32 Å². The van der Waals surface area contributed by atoms with Crippen molar-refractivity contribution in [2.45, 2.75) is 64.7 Å². The summed E-state index contributed by atoms with van der Waals surface area (Å²) in [6.45, 7) is 6.26. The molecule has 2 rings (SSSR count). The molecule has 2 atom stereocenters. The highest BCUT2D eigenvalue weighted by molar-refractivity contribution is 6.01. The van der Waals surface area contributed by atoms with Gasteiger partial charge in [-0.3, -0.25) is 9.59 Å². The van der Waals surface area contributed by atoms with Gasteiger partial charge in [0.25, 0.3) is 11.8 Å². The summed E-state index contributed by atoms with van der Waals surface area (Å²) in [6, 6.07) is 7.72. The first kappa shape index (κ1) is 23.8. The minimum atomic E-state index is -1.42. The summed E-state index contributed by atoms with van der Waals surface area (Å²) in [5.74, 6) is -3.29. The van der Waals surface area contributed by atoms with Crippen LogP contribution in [0.5, 0.6) is 0 Å².